The Balaban J connectivity index is 2.06. The van der Waals surface area contributed by atoms with Gasteiger partial charge in [-0.3, -0.25) is 0 Å². The van der Waals surface area contributed by atoms with Gasteiger partial charge in [-0.2, -0.15) is 0 Å². The average molecular weight is 288 g/mol. The van der Waals surface area contributed by atoms with Crippen LogP contribution in [0, 0.1) is 0 Å². The monoisotopic (exact) mass is 288 g/mol. The quantitative estimate of drug-likeness (QED) is 0.930. The number of hydrogen-bond donors (Lipinski definition) is 1. The topological polar surface area (TPSA) is 70.5 Å². The predicted octanol–water partition coefficient (Wildman–Crippen LogP) is 3.60. The van der Waals surface area contributed by atoms with Crippen molar-refractivity contribution < 1.29 is 14.0 Å². The van der Waals surface area contributed by atoms with E-state index in [1.54, 1.807) is 0 Å². The molecule has 1 aromatic heterocycles. The summed E-state index contributed by atoms with van der Waals surface area (Å²) in [7, 11) is 0. The first-order valence-electron chi connectivity index (χ1n) is 7.39. The Morgan fingerprint density at radius 1 is 1.14 bits per heavy atom. The van der Waals surface area contributed by atoms with Crippen LogP contribution in [0.2, 0.25) is 0 Å². The van der Waals surface area contributed by atoms with Crippen molar-refractivity contribution in [3.8, 4) is 22.6 Å². The molecule has 2 aromatic rings. The van der Waals surface area contributed by atoms with Gasteiger partial charge in [-0.05, 0) is 30.5 Å². The van der Waals surface area contributed by atoms with E-state index in [9.17, 15) is 0 Å². The number of ether oxygens (including phenoxy) is 2. The molecule has 1 aliphatic rings. The number of nitrogens with two attached hydrogens (primary N) is 1. The second-order valence-electron chi connectivity index (χ2n) is 5.18. The van der Waals surface area contributed by atoms with Crippen LogP contribution in [0.4, 0.5) is 5.88 Å². The molecule has 0 bridgehead atoms. The first kappa shape index (κ1) is 13.8. The largest absolute Gasteiger partial charge is 0.486 e. The Labute approximate surface area is 124 Å². The zero-order valence-corrected chi connectivity index (χ0v) is 12.4. The van der Waals surface area contributed by atoms with Gasteiger partial charge < -0.3 is 19.7 Å². The zero-order chi connectivity index (χ0) is 14.8. The Morgan fingerprint density at radius 2 is 1.86 bits per heavy atom. The molecule has 112 valence electrons. The molecule has 5 heteroatoms. The van der Waals surface area contributed by atoms with Crippen LogP contribution in [0.15, 0.2) is 22.7 Å². The Kier molecular flexibility index (Phi) is 3.73. The lowest BCUT2D eigenvalue weighted by atomic mass is 9.93. The van der Waals surface area contributed by atoms with Gasteiger partial charge in [0.05, 0.1) is 11.3 Å². The van der Waals surface area contributed by atoms with Crippen LogP contribution in [0.3, 0.4) is 0 Å². The van der Waals surface area contributed by atoms with Gasteiger partial charge in [0.2, 0.25) is 5.88 Å². The number of aromatic nitrogens is 1. The van der Waals surface area contributed by atoms with Gasteiger partial charge in [0, 0.05) is 5.92 Å². The number of nitrogen functional groups attached to an aromatic ring is 1. The normalized spacial score (nSPS) is 13.7. The lowest BCUT2D eigenvalue weighted by Gasteiger charge is -2.19. The minimum Gasteiger partial charge on any atom is -0.486 e. The molecular formula is C16H20N2O3. The van der Waals surface area contributed by atoms with Crippen LogP contribution in [-0.4, -0.2) is 18.4 Å². The van der Waals surface area contributed by atoms with Crippen LogP contribution in [-0.2, 0) is 0 Å². The number of rotatable bonds is 4. The van der Waals surface area contributed by atoms with E-state index in [1.165, 1.54) is 0 Å². The summed E-state index contributed by atoms with van der Waals surface area (Å²) in [4.78, 5) is 0. The molecule has 0 spiro atoms. The Morgan fingerprint density at radius 3 is 2.57 bits per heavy atom. The summed E-state index contributed by atoms with van der Waals surface area (Å²) in [5.74, 6) is 2.21. The van der Waals surface area contributed by atoms with E-state index < -0.39 is 0 Å². The van der Waals surface area contributed by atoms with E-state index in [1.807, 2.05) is 18.2 Å². The van der Waals surface area contributed by atoms with Gasteiger partial charge in [-0.15, -0.1) is 0 Å². The fourth-order valence-corrected chi connectivity index (χ4v) is 2.76. The second-order valence-corrected chi connectivity index (χ2v) is 5.18. The summed E-state index contributed by atoms with van der Waals surface area (Å²) in [6.45, 7) is 5.44. The van der Waals surface area contributed by atoms with E-state index in [0.717, 1.165) is 41.2 Å². The molecule has 0 amide bonds. The van der Waals surface area contributed by atoms with Crippen molar-refractivity contribution in [3.63, 3.8) is 0 Å². The number of nitrogens with zero attached hydrogens (tertiary/aromatic N) is 1. The van der Waals surface area contributed by atoms with Crippen molar-refractivity contribution in [2.75, 3.05) is 18.9 Å². The van der Waals surface area contributed by atoms with Crippen LogP contribution in [0.1, 0.15) is 38.3 Å². The van der Waals surface area contributed by atoms with Gasteiger partial charge in [0.15, 0.2) is 11.5 Å². The van der Waals surface area contributed by atoms with Crippen LogP contribution in [0.25, 0.3) is 11.1 Å². The molecule has 0 aliphatic carbocycles. The molecule has 3 rings (SSSR count). The van der Waals surface area contributed by atoms with E-state index in [0.29, 0.717) is 25.0 Å². The number of benzene rings is 1. The van der Waals surface area contributed by atoms with Crippen LogP contribution < -0.4 is 15.2 Å². The van der Waals surface area contributed by atoms with E-state index >= 15 is 0 Å². The molecule has 0 fully saturated rings. The first-order chi connectivity index (χ1) is 10.2. The van der Waals surface area contributed by atoms with Gasteiger partial charge in [0.1, 0.15) is 13.2 Å². The van der Waals surface area contributed by atoms with Crippen LogP contribution in [0.5, 0.6) is 11.5 Å². The van der Waals surface area contributed by atoms with Gasteiger partial charge in [0.25, 0.3) is 0 Å². The minimum atomic E-state index is 0.342. The van der Waals surface area contributed by atoms with Crippen molar-refractivity contribution in [2.45, 2.75) is 32.6 Å². The molecule has 0 atom stereocenters. The molecule has 0 radical (unpaired) electrons. The summed E-state index contributed by atoms with van der Waals surface area (Å²) >= 11 is 0. The highest BCUT2D eigenvalue weighted by Gasteiger charge is 2.23. The number of fused-ring (bicyclic) bond motifs is 1. The number of hydrogen-bond acceptors (Lipinski definition) is 5. The highest BCUT2D eigenvalue weighted by molar-refractivity contribution is 5.77. The smallest absolute Gasteiger partial charge is 0.230 e. The van der Waals surface area contributed by atoms with Gasteiger partial charge >= 0.3 is 0 Å². The average Bonchev–Trinajstić information content (AvgIpc) is 2.90. The van der Waals surface area contributed by atoms with Gasteiger partial charge in [-0.1, -0.05) is 25.1 Å². The number of anilines is 1. The van der Waals surface area contributed by atoms with E-state index in [2.05, 4.69) is 19.0 Å². The molecule has 0 saturated heterocycles. The van der Waals surface area contributed by atoms with E-state index in [-0.39, 0.29) is 0 Å². The molecule has 1 aromatic carbocycles. The highest BCUT2D eigenvalue weighted by atomic mass is 16.6. The lowest BCUT2D eigenvalue weighted by Crippen LogP contribution is -2.15. The third-order valence-corrected chi connectivity index (χ3v) is 3.95. The molecule has 1 aliphatic heterocycles. The van der Waals surface area contributed by atoms with Crippen molar-refractivity contribution >= 4 is 5.88 Å². The Bertz CT molecular complexity index is 632. The fourth-order valence-electron chi connectivity index (χ4n) is 2.76. The summed E-state index contributed by atoms with van der Waals surface area (Å²) < 4.78 is 16.4. The lowest BCUT2D eigenvalue weighted by molar-refractivity contribution is 0.171. The van der Waals surface area contributed by atoms with Crippen molar-refractivity contribution in [2.24, 2.45) is 0 Å². The minimum absolute atomic E-state index is 0.342. The van der Waals surface area contributed by atoms with Crippen molar-refractivity contribution in [1.29, 1.82) is 0 Å². The molecule has 21 heavy (non-hydrogen) atoms. The summed E-state index contributed by atoms with van der Waals surface area (Å²) in [6.07, 6.45) is 2.00. The SMILES string of the molecule is CCC(CC)c1noc(N)c1-c1ccc2c(c1)OCCO2. The summed E-state index contributed by atoms with van der Waals surface area (Å²) in [5.41, 5.74) is 8.75. The molecule has 0 saturated carbocycles. The maximum Gasteiger partial charge on any atom is 0.230 e. The zero-order valence-electron chi connectivity index (χ0n) is 12.4. The Hall–Kier alpha value is -2.17. The third kappa shape index (κ3) is 2.44. The van der Waals surface area contributed by atoms with Gasteiger partial charge in [-0.25, -0.2) is 0 Å². The van der Waals surface area contributed by atoms with Crippen LogP contribution >= 0.6 is 0 Å². The molecule has 0 unspecified atom stereocenters. The van der Waals surface area contributed by atoms with Crippen molar-refractivity contribution in [1.82, 2.24) is 5.16 Å². The standard InChI is InChI=1S/C16H20N2O3/c1-3-10(4-2)15-14(16(17)21-18-15)11-5-6-12-13(9-11)20-8-7-19-12/h5-6,9-10H,3-4,7-8,17H2,1-2H3. The summed E-state index contributed by atoms with van der Waals surface area (Å²) in [5, 5.41) is 4.17. The second kappa shape index (κ2) is 5.68. The third-order valence-electron chi connectivity index (χ3n) is 3.95. The molecular weight excluding hydrogens is 268 g/mol. The predicted molar refractivity (Wildman–Crippen MR) is 80.7 cm³/mol. The maximum atomic E-state index is 6.00. The summed E-state index contributed by atoms with van der Waals surface area (Å²) in [6, 6.07) is 5.83. The van der Waals surface area contributed by atoms with E-state index in [4.69, 9.17) is 19.7 Å². The molecule has 2 N–H and O–H groups in total. The maximum absolute atomic E-state index is 6.00. The molecule has 2 heterocycles. The first-order valence-corrected chi connectivity index (χ1v) is 7.39. The fraction of sp³-hybridized carbons (Fsp3) is 0.438. The highest BCUT2D eigenvalue weighted by Crippen LogP contribution is 2.40. The molecule has 5 nitrogen and oxygen atoms in total. The van der Waals surface area contributed by atoms with Crippen molar-refractivity contribution in [3.05, 3.63) is 23.9 Å².